The third-order valence-electron chi connectivity index (χ3n) is 5.97. The number of aryl methyl sites for hydroxylation is 1. The van der Waals surface area contributed by atoms with Gasteiger partial charge in [0.15, 0.2) is 11.5 Å². The molecule has 5 rings (SSSR count). The molecule has 0 bridgehead atoms. The number of hydrogen-bond donors (Lipinski definition) is 0. The molecule has 1 saturated heterocycles. The van der Waals surface area contributed by atoms with Crippen molar-refractivity contribution >= 4 is 17.4 Å². The van der Waals surface area contributed by atoms with Gasteiger partial charge in [-0.15, -0.1) is 0 Å². The lowest BCUT2D eigenvalue weighted by Crippen LogP contribution is -2.40. The van der Waals surface area contributed by atoms with E-state index in [0.29, 0.717) is 25.4 Å². The van der Waals surface area contributed by atoms with E-state index in [1.54, 1.807) is 11.0 Å². The van der Waals surface area contributed by atoms with Crippen molar-refractivity contribution in [3.8, 4) is 11.5 Å². The number of carbonyl (C=O) groups excluding carboxylic acids is 2. The van der Waals surface area contributed by atoms with Crippen LogP contribution < -0.4 is 14.4 Å². The van der Waals surface area contributed by atoms with Gasteiger partial charge in [0.1, 0.15) is 0 Å². The maximum absolute atomic E-state index is 12.6. The highest BCUT2D eigenvalue weighted by atomic mass is 16.5. The number of ether oxygens (including phenoxy) is 2. The van der Waals surface area contributed by atoms with Gasteiger partial charge in [0, 0.05) is 19.0 Å². The Morgan fingerprint density at radius 2 is 1.83 bits per heavy atom. The van der Waals surface area contributed by atoms with E-state index in [1.165, 1.54) is 0 Å². The van der Waals surface area contributed by atoms with Crippen LogP contribution in [0.1, 0.15) is 46.8 Å². The van der Waals surface area contributed by atoms with E-state index in [0.717, 1.165) is 54.1 Å². The van der Waals surface area contributed by atoms with E-state index in [1.807, 2.05) is 25.1 Å². The lowest BCUT2D eigenvalue weighted by atomic mass is 10.0. The first-order chi connectivity index (χ1) is 14.1. The third kappa shape index (κ3) is 3.17. The van der Waals surface area contributed by atoms with E-state index in [-0.39, 0.29) is 6.04 Å². The molecule has 0 saturated carbocycles. The van der Waals surface area contributed by atoms with Crippen LogP contribution in [0, 0.1) is 6.92 Å². The van der Waals surface area contributed by atoms with Crippen LogP contribution in [0.15, 0.2) is 36.4 Å². The normalized spacial score (nSPS) is 21.4. The Morgan fingerprint density at radius 3 is 2.69 bits per heavy atom. The summed E-state index contributed by atoms with van der Waals surface area (Å²) in [7, 11) is 0. The fraction of sp³-hybridized carbons (Fsp3) is 0.391. The highest BCUT2D eigenvalue weighted by Crippen LogP contribution is 2.39. The second-order valence-electron chi connectivity index (χ2n) is 7.95. The standard InChI is InChI=1S/C23H24N2O4/c1-15-5-7-19-17(12-15)22(26)23(27)25(19)14-24-9-2-4-18(24)16-6-8-20-21(13-16)29-11-3-10-28-20/h5-8,12-13,18H,2-4,9-11,14H2,1H3/t18-/m0/s1. The van der Waals surface area contributed by atoms with Gasteiger partial charge in [-0.25, -0.2) is 0 Å². The Kier molecular flexibility index (Phi) is 4.51. The monoisotopic (exact) mass is 392 g/mol. The summed E-state index contributed by atoms with van der Waals surface area (Å²) in [5.74, 6) is 0.741. The molecular formula is C23H24N2O4. The van der Waals surface area contributed by atoms with Gasteiger partial charge in [-0.2, -0.15) is 0 Å². The average Bonchev–Trinajstić information content (AvgIpc) is 3.17. The molecule has 2 aromatic rings. The van der Waals surface area contributed by atoms with Gasteiger partial charge >= 0.3 is 5.91 Å². The zero-order valence-electron chi connectivity index (χ0n) is 16.5. The van der Waals surface area contributed by atoms with Crippen LogP contribution in [0.25, 0.3) is 0 Å². The molecule has 6 heteroatoms. The first-order valence-electron chi connectivity index (χ1n) is 10.2. The van der Waals surface area contributed by atoms with Gasteiger partial charge in [-0.1, -0.05) is 17.7 Å². The summed E-state index contributed by atoms with van der Waals surface area (Å²) < 4.78 is 11.6. The molecule has 0 N–H and O–H groups in total. The Morgan fingerprint density at radius 1 is 1.00 bits per heavy atom. The molecule has 3 aliphatic heterocycles. The van der Waals surface area contributed by atoms with Crippen molar-refractivity contribution in [2.24, 2.45) is 0 Å². The van der Waals surface area contributed by atoms with Gasteiger partial charge in [0.2, 0.25) is 0 Å². The predicted octanol–water partition coefficient (Wildman–Crippen LogP) is 3.48. The van der Waals surface area contributed by atoms with Crippen LogP contribution in [0.4, 0.5) is 5.69 Å². The lowest BCUT2D eigenvalue weighted by molar-refractivity contribution is -0.114. The van der Waals surface area contributed by atoms with E-state index >= 15 is 0 Å². The third-order valence-corrected chi connectivity index (χ3v) is 5.97. The number of benzene rings is 2. The number of amides is 1. The van der Waals surface area contributed by atoms with Crippen molar-refractivity contribution in [1.82, 2.24) is 4.90 Å². The molecule has 6 nitrogen and oxygen atoms in total. The summed E-state index contributed by atoms with van der Waals surface area (Å²) in [6, 6.07) is 12.0. The number of carbonyl (C=O) groups is 2. The van der Waals surface area contributed by atoms with Crippen LogP contribution in [0.5, 0.6) is 11.5 Å². The van der Waals surface area contributed by atoms with Crippen LogP contribution in [0.2, 0.25) is 0 Å². The minimum Gasteiger partial charge on any atom is -0.490 e. The first-order valence-corrected chi connectivity index (χ1v) is 10.2. The molecule has 1 atom stereocenters. The molecule has 0 aromatic heterocycles. The van der Waals surface area contributed by atoms with Gasteiger partial charge < -0.3 is 9.47 Å². The molecule has 0 unspecified atom stereocenters. The summed E-state index contributed by atoms with van der Waals surface area (Å²) in [4.78, 5) is 29.0. The van der Waals surface area contributed by atoms with Crippen LogP contribution in [-0.2, 0) is 4.79 Å². The Hall–Kier alpha value is -2.86. The van der Waals surface area contributed by atoms with Crippen molar-refractivity contribution in [1.29, 1.82) is 0 Å². The SMILES string of the molecule is Cc1ccc2c(c1)C(=O)C(=O)N2CN1CCC[C@H]1c1ccc2c(c1)OCCCO2. The quantitative estimate of drug-likeness (QED) is 0.749. The van der Waals surface area contributed by atoms with Gasteiger partial charge in [-0.05, 0) is 49.6 Å². The van der Waals surface area contributed by atoms with Crippen LogP contribution in [-0.4, -0.2) is 43.0 Å². The van der Waals surface area contributed by atoms with E-state index < -0.39 is 11.7 Å². The number of Topliss-reactive ketones (excluding diaryl/α,β-unsaturated/α-hetero) is 1. The van der Waals surface area contributed by atoms with Gasteiger partial charge in [-0.3, -0.25) is 19.4 Å². The van der Waals surface area contributed by atoms with Crippen molar-refractivity contribution in [2.45, 2.75) is 32.2 Å². The maximum Gasteiger partial charge on any atom is 0.300 e. The highest BCUT2D eigenvalue weighted by Gasteiger charge is 2.38. The minimum atomic E-state index is -0.435. The van der Waals surface area contributed by atoms with E-state index in [4.69, 9.17) is 9.47 Å². The number of likely N-dealkylation sites (tertiary alicyclic amines) is 1. The Bertz CT molecular complexity index is 987. The first kappa shape index (κ1) is 18.2. The van der Waals surface area contributed by atoms with Crippen LogP contribution >= 0.6 is 0 Å². The molecule has 1 fully saturated rings. The summed E-state index contributed by atoms with van der Waals surface area (Å²) >= 11 is 0. The summed E-state index contributed by atoms with van der Waals surface area (Å²) in [5, 5.41) is 0. The highest BCUT2D eigenvalue weighted by molar-refractivity contribution is 6.52. The zero-order valence-corrected chi connectivity index (χ0v) is 16.5. The van der Waals surface area contributed by atoms with E-state index in [9.17, 15) is 9.59 Å². The fourth-order valence-corrected chi connectivity index (χ4v) is 4.50. The zero-order chi connectivity index (χ0) is 20.0. The van der Waals surface area contributed by atoms with Gasteiger partial charge in [0.25, 0.3) is 5.78 Å². The van der Waals surface area contributed by atoms with Crippen molar-refractivity contribution in [2.75, 3.05) is 31.3 Å². The van der Waals surface area contributed by atoms with Crippen molar-refractivity contribution < 1.29 is 19.1 Å². The Labute approximate surface area is 170 Å². The molecule has 0 spiro atoms. The minimum absolute atomic E-state index is 0.185. The lowest BCUT2D eigenvalue weighted by Gasteiger charge is -2.29. The number of ketones is 1. The molecule has 1 amide bonds. The summed E-state index contributed by atoms with van der Waals surface area (Å²) in [6.07, 6.45) is 2.94. The second kappa shape index (κ2) is 7.19. The molecular weight excluding hydrogens is 368 g/mol. The van der Waals surface area contributed by atoms with Crippen molar-refractivity contribution in [3.63, 3.8) is 0 Å². The number of fused-ring (bicyclic) bond motifs is 2. The molecule has 0 aliphatic carbocycles. The summed E-state index contributed by atoms with van der Waals surface area (Å²) in [6.45, 7) is 4.57. The molecule has 3 aliphatic rings. The molecule has 2 aromatic carbocycles. The fourth-order valence-electron chi connectivity index (χ4n) is 4.50. The molecule has 3 heterocycles. The van der Waals surface area contributed by atoms with E-state index in [2.05, 4.69) is 17.0 Å². The molecule has 0 radical (unpaired) electrons. The predicted molar refractivity (Wildman–Crippen MR) is 109 cm³/mol. The maximum atomic E-state index is 12.6. The number of rotatable bonds is 3. The number of hydrogen-bond acceptors (Lipinski definition) is 5. The molecule has 150 valence electrons. The second-order valence-corrected chi connectivity index (χ2v) is 7.95. The smallest absolute Gasteiger partial charge is 0.300 e. The number of nitrogens with zero attached hydrogens (tertiary/aromatic N) is 2. The number of anilines is 1. The van der Waals surface area contributed by atoms with Gasteiger partial charge in [0.05, 0.1) is 31.1 Å². The van der Waals surface area contributed by atoms with Crippen LogP contribution in [0.3, 0.4) is 0 Å². The Balaban J connectivity index is 1.40. The largest absolute Gasteiger partial charge is 0.490 e. The molecule has 29 heavy (non-hydrogen) atoms. The summed E-state index contributed by atoms with van der Waals surface area (Å²) in [5.41, 5.74) is 3.38. The average molecular weight is 392 g/mol. The topological polar surface area (TPSA) is 59.1 Å². The van der Waals surface area contributed by atoms with Crippen molar-refractivity contribution in [3.05, 3.63) is 53.1 Å².